The smallest absolute Gasteiger partial charge is 0.240 e. The highest BCUT2D eigenvalue weighted by molar-refractivity contribution is 9.10. The molecule has 3 aromatic rings. The van der Waals surface area contributed by atoms with E-state index >= 15 is 0 Å². The molecule has 0 aliphatic rings. The van der Waals surface area contributed by atoms with Crippen LogP contribution in [0.4, 0.5) is 0 Å². The zero-order valence-corrected chi connectivity index (χ0v) is 15.6. The summed E-state index contributed by atoms with van der Waals surface area (Å²) < 4.78 is 30.2. The van der Waals surface area contributed by atoms with E-state index in [4.69, 9.17) is 0 Å². The van der Waals surface area contributed by atoms with Gasteiger partial charge in [0.05, 0.1) is 15.1 Å². The van der Waals surface area contributed by atoms with E-state index in [1.165, 1.54) is 0 Å². The van der Waals surface area contributed by atoms with E-state index in [1.807, 2.05) is 48.1 Å². The third-order valence-corrected chi connectivity index (χ3v) is 6.01. The summed E-state index contributed by atoms with van der Waals surface area (Å²) in [6, 6.07) is 12.9. The molecule has 2 aromatic carbocycles. The minimum absolute atomic E-state index is 0.291. The van der Waals surface area contributed by atoms with E-state index in [2.05, 4.69) is 25.8 Å². The van der Waals surface area contributed by atoms with Crippen LogP contribution < -0.4 is 4.72 Å². The van der Waals surface area contributed by atoms with E-state index in [1.54, 1.807) is 12.1 Å². The van der Waals surface area contributed by atoms with Gasteiger partial charge in [-0.2, -0.15) is 5.10 Å². The van der Waals surface area contributed by atoms with Gasteiger partial charge in [-0.25, -0.2) is 13.1 Å². The van der Waals surface area contributed by atoms with Crippen molar-refractivity contribution in [3.8, 4) is 0 Å². The lowest BCUT2D eigenvalue weighted by Crippen LogP contribution is -2.25. The molecule has 0 aliphatic carbocycles. The molecule has 3 rings (SSSR count). The van der Waals surface area contributed by atoms with Gasteiger partial charge in [-0.15, -0.1) is 0 Å². The zero-order chi connectivity index (χ0) is 17.2. The van der Waals surface area contributed by atoms with Crippen molar-refractivity contribution >= 4 is 36.7 Å². The average Bonchev–Trinajstić information content (AvgIpc) is 2.89. The summed E-state index contributed by atoms with van der Waals surface area (Å²) >= 11 is 3.41. The molecule has 126 valence electrons. The Bertz CT molecular complexity index is 947. The van der Waals surface area contributed by atoms with Crippen molar-refractivity contribution in [3.63, 3.8) is 0 Å². The fourth-order valence-corrected chi connectivity index (χ4v) is 3.90. The first-order valence-corrected chi connectivity index (χ1v) is 9.91. The van der Waals surface area contributed by atoms with Crippen LogP contribution in [0.25, 0.3) is 10.8 Å². The molecule has 1 aromatic heterocycles. The number of sulfonamides is 1. The van der Waals surface area contributed by atoms with Crippen LogP contribution >= 0.6 is 15.9 Å². The predicted molar refractivity (Wildman–Crippen MR) is 98.4 cm³/mol. The number of benzene rings is 2. The molecule has 0 radical (unpaired) electrons. The number of rotatable bonds is 6. The summed E-state index contributed by atoms with van der Waals surface area (Å²) in [7, 11) is -3.50. The number of halogens is 1. The molecule has 0 saturated carbocycles. The zero-order valence-electron chi connectivity index (χ0n) is 13.2. The average molecular weight is 408 g/mol. The van der Waals surface area contributed by atoms with Crippen LogP contribution in [0.3, 0.4) is 0 Å². The summed E-state index contributed by atoms with van der Waals surface area (Å²) in [5, 5.41) is 6.27. The van der Waals surface area contributed by atoms with Crippen molar-refractivity contribution < 1.29 is 8.42 Å². The number of hydrogen-bond donors (Lipinski definition) is 1. The van der Waals surface area contributed by atoms with Crippen molar-refractivity contribution in [1.29, 1.82) is 0 Å². The van der Waals surface area contributed by atoms with Crippen molar-refractivity contribution in [2.75, 3.05) is 6.54 Å². The molecule has 0 saturated heterocycles. The van der Waals surface area contributed by atoms with Gasteiger partial charge in [0, 0.05) is 19.3 Å². The maximum absolute atomic E-state index is 12.4. The van der Waals surface area contributed by atoms with Crippen LogP contribution in [0, 0.1) is 6.92 Å². The van der Waals surface area contributed by atoms with E-state index in [9.17, 15) is 8.42 Å². The van der Waals surface area contributed by atoms with Crippen LogP contribution in [0.5, 0.6) is 0 Å². The summed E-state index contributed by atoms with van der Waals surface area (Å²) in [4.78, 5) is 0.291. The summed E-state index contributed by atoms with van der Waals surface area (Å²) in [5.41, 5.74) is 0.923. The number of nitrogens with zero attached hydrogens (tertiary/aromatic N) is 2. The van der Waals surface area contributed by atoms with Crippen molar-refractivity contribution in [2.45, 2.75) is 24.8 Å². The topological polar surface area (TPSA) is 64.0 Å². The lowest BCUT2D eigenvalue weighted by Gasteiger charge is -2.08. The van der Waals surface area contributed by atoms with Gasteiger partial charge in [0.1, 0.15) is 0 Å². The Morgan fingerprint density at radius 2 is 1.92 bits per heavy atom. The first-order valence-electron chi connectivity index (χ1n) is 7.64. The highest BCUT2D eigenvalue weighted by atomic mass is 79.9. The number of hydrogen-bond acceptors (Lipinski definition) is 3. The predicted octanol–water partition coefficient (Wildman–Crippen LogP) is 3.48. The Morgan fingerprint density at radius 1 is 1.17 bits per heavy atom. The van der Waals surface area contributed by atoms with E-state index in [0.29, 0.717) is 24.4 Å². The SMILES string of the molecule is Cc1nn(CCCNS(=O)(=O)c2ccc3ccccc3c2)cc1Br. The normalized spacial score (nSPS) is 11.9. The quantitative estimate of drug-likeness (QED) is 0.636. The molecule has 5 nitrogen and oxygen atoms in total. The van der Waals surface area contributed by atoms with Gasteiger partial charge in [-0.3, -0.25) is 4.68 Å². The maximum Gasteiger partial charge on any atom is 0.240 e. The minimum Gasteiger partial charge on any atom is -0.271 e. The van der Waals surface area contributed by atoms with E-state index in [0.717, 1.165) is 20.9 Å². The van der Waals surface area contributed by atoms with Crippen LogP contribution in [-0.2, 0) is 16.6 Å². The monoisotopic (exact) mass is 407 g/mol. The van der Waals surface area contributed by atoms with Crippen LogP contribution in [-0.4, -0.2) is 24.7 Å². The van der Waals surface area contributed by atoms with Gasteiger partial charge in [0.15, 0.2) is 0 Å². The second-order valence-electron chi connectivity index (χ2n) is 5.59. The molecule has 0 fully saturated rings. The van der Waals surface area contributed by atoms with Gasteiger partial charge in [0.2, 0.25) is 10.0 Å². The lowest BCUT2D eigenvalue weighted by atomic mass is 10.1. The molecule has 1 heterocycles. The van der Waals surface area contributed by atoms with E-state index < -0.39 is 10.0 Å². The maximum atomic E-state index is 12.4. The Labute approximate surface area is 149 Å². The Morgan fingerprint density at radius 3 is 2.62 bits per heavy atom. The summed E-state index contributed by atoms with van der Waals surface area (Å²) in [6.45, 7) is 2.95. The van der Waals surface area contributed by atoms with E-state index in [-0.39, 0.29) is 0 Å². The number of nitrogens with one attached hydrogen (secondary N) is 1. The Hall–Kier alpha value is -1.70. The highest BCUT2D eigenvalue weighted by Gasteiger charge is 2.13. The molecule has 0 unspecified atom stereocenters. The molecule has 0 amide bonds. The Balaban J connectivity index is 1.62. The molecule has 0 spiro atoms. The molecule has 1 N–H and O–H groups in total. The van der Waals surface area contributed by atoms with Crippen molar-refractivity contribution in [2.24, 2.45) is 0 Å². The first kappa shape index (κ1) is 17.1. The number of aryl methyl sites for hydroxylation is 2. The largest absolute Gasteiger partial charge is 0.271 e. The summed E-state index contributed by atoms with van der Waals surface area (Å²) in [6.07, 6.45) is 2.56. The highest BCUT2D eigenvalue weighted by Crippen LogP contribution is 2.19. The minimum atomic E-state index is -3.50. The molecule has 0 aliphatic heterocycles. The standard InChI is InChI=1S/C17H18BrN3O2S/c1-13-17(18)12-21(20-13)10-4-9-19-24(22,23)16-8-7-14-5-2-3-6-15(14)11-16/h2-3,5-8,11-12,19H,4,9-10H2,1H3. The second kappa shape index (κ2) is 7.04. The molecule has 7 heteroatoms. The van der Waals surface area contributed by atoms with Gasteiger partial charge in [-0.1, -0.05) is 30.3 Å². The molecule has 24 heavy (non-hydrogen) atoms. The van der Waals surface area contributed by atoms with Gasteiger partial charge in [-0.05, 0) is 52.2 Å². The van der Waals surface area contributed by atoms with Crippen molar-refractivity contribution in [3.05, 3.63) is 58.8 Å². The fraction of sp³-hybridized carbons (Fsp3) is 0.235. The third-order valence-electron chi connectivity index (χ3n) is 3.77. The number of fused-ring (bicyclic) bond motifs is 1. The first-order chi connectivity index (χ1) is 11.5. The molecular formula is C17H18BrN3O2S. The van der Waals surface area contributed by atoms with Crippen LogP contribution in [0.1, 0.15) is 12.1 Å². The van der Waals surface area contributed by atoms with Crippen molar-refractivity contribution in [1.82, 2.24) is 14.5 Å². The van der Waals surface area contributed by atoms with Gasteiger partial charge in [0.25, 0.3) is 0 Å². The molecular weight excluding hydrogens is 390 g/mol. The molecule has 0 atom stereocenters. The summed E-state index contributed by atoms with van der Waals surface area (Å²) in [5.74, 6) is 0. The van der Waals surface area contributed by atoms with Gasteiger partial charge < -0.3 is 0 Å². The number of aromatic nitrogens is 2. The third kappa shape index (κ3) is 3.85. The lowest BCUT2D eigenvalue weighted by molar-refractivity contribution is 0.551. The van der Waals surface area contributed by atoms with Crippen LogP contribution in [0.2, 0.25) is 0 Å². The fourth-order valence-electron chi connectivity index (χ4n) is 2.47. The Kier molecular flexibility index (Phi) is 5.03. The van der Waals surface area contributed by atoms with Crippen LogP contribution in [0.15, 0.2) is 58.0 Å². The second-order valence-corrected chi connectivity index (χ2v) is 8.21. The molecule has 0 bridgehead atoms. The van der Waals surface area contributed by atoms with Gasteiger partial charge >= 0.3 is 0 Å².